The zero-order valence-corrected chi connectivity index (χ0v) is 13.8. The first-order valence-corrected chi connectivity index (χ1v) is 8.33. The summed E-state index contributed by atoms with van der Waals surface area (Å²) in [5.41, 5.74) is 5.80. The van der Waals surface area contributed by atoms with Crippen LogP contribution in [0.2, 0.25) is 5.02 Å². The summed E-state index contributed by atoms with van der Waals surface area (Å²) in [6.45, 7) is 0. The van der Waals surface area contributed by atoms with Crippen LogP contribution in [-0.4, -0.2) is 23.5 Å². The first-order chi connectivity index (χ1) is 11.5. The summed E-state index contributed by atoms with van der Waals surface area (Å²) in [7, 11) is 0. The lowest BCUT2D eigenvalue weighted by molar-refractivity contribution is -0.113. The van der Waals surface area contributed by atoms with Crippen molar-refractivity contribution in [3.8, 4) is 0 Å². The van der Waals surface area contributed by atoms with E-state index in [1.807, 2.05) is 0 Å². The number of nitrogens with one attached hydrogen (secondary N) is 3. The number of carbonyl (C=O) groups is 3. The highest BCUT2D eigenvalue weighted by Gasteiger charge is 2.18. The molecule has 1 aliphatic rings. The average molecular weight is 362 g/mol. The normalized spacial score (nSPS) is 12.8. The van der Waals surface area contributed by atoms with E-state index in [1.54, 1.807) is 42.5 Å². The van der Waals surface area contributed by atoms with E-state index >= 15 is 0 Å². The van der Waals surface area contributed by atoms with Crippen LogP contribution < -0.4 is 16.2 Å². The lowest BCUT2D eigenvalue weighted by Gasteiger charge is -2.17. The number of fused-ring (bicyclic) bond motifs is 1. The van der Waals surface area contributed by atoms with Gasteiger partial charge in [-0.1, -0.05) is 23.7 Å². The summed E-state index contributed by atoms with van der Waals surface area (Å²) < 4.78 is 0. The molecule has 3 N–H and O–H groups in total. The third kappa shape index (κ3) is 3.52. The van der Waals surface area contributed by atoms with Crippen LogP contribution in [0.4, 0.5) is 5.69 Å². The van der Waals surface area contributed by atoms with E-state index in [4.69, 9.17) is 11.6 Å². The molecule has 0 aliphatic carbocycles. The van der Waals surface area contributed by atoms with Gasteiger partial charge in [-0.3, -0.25) is 25.2 Å². The monoisotopic (exact) mass is 361 g/mol. The molecule has 0 saturated carbocycles. The Morgan fingerprint density at radius 2 is 1.83 bits per heavy atom. The third-order valence-electron chi connectivity index (χ3n) is 3.28. The molecule has 0 spiro atoms. The van der Waals surface area contributed by atoms with Gasteiger partial charge in [0.15, 0.2) is 0 Å². The number of hydrazine groups is 1. The Balaban J connectivity index is 1.67. The van der Waals surface area contributed by atoms with Gasteiger partial charge >= 0.3 is 0 Å². The molecule has 0 bridgehead atoms. The maximum Gasteiger partial charge on any atom is 0.271 e. The van der Waals surface area contributed by atoms with Gasteiger partial charge in [0.05, 0.1) is 22.0 Å². The van der Waals surface area contributed by atoms with Crippen molar-refractivity contribution in [1.29, 1.82) is 0 Å². The van der Waals surface area contributed by atoms with Crippen molar-refractivity contribution in [2.24, 2.45) is 0 Å². The van der Waals surface area contributed by atoms with Gasteiger partial charge in [0, 0.05) is 10.5 Å². The summed E-state index contributed by atoms with van der Waals surface area (Å²) in [5.74, 6) is -0.775. The fourth-order valence-electron chi connectivity index (χ4n) is 2.12. The number of amides is 3. The Kier molecular flexibility index (Phi) is 4.73. The van der Waals surface area contributed by atoms with Crippen LogP contribution in [0.1, 0.15) is 20.7 Å². The van der Waals surface area contributed by atoms with E-state index in [-0.39, 0.29) is 16.5 Å². The first-order valence-electron chi connectivity index (χ1n) is 6.96. The summed E-state index contributed by atoms with van der Waals surface area (Å²) >= 11 is 7.33. The lowest BCUT2D eigenvalue weighted by Crippen LogP contribution is -2.41. The van der Waals surface area contributed by atoms with E-state index in [9.17, 15) is 14.4 Å². The third-order valence-corrected chi connectivity index (χ3v) is 4.69. The molecular formula is C16H12ClN3O3S. The number of rotatable bonds is 2. The van der Waals surface area contributed by atoms with Crippen molar-refractivity contribution in [3.05, 3.63) is 58.6 Å². The van der Waals surface area contributed by atoms with Crippen molar-refractivity contribution in [3.63, 3.8) is 0 Å². The van der Waals surface area contributed by atoms with Crippen molar-refractivity contribution < 1.29 is 14.4 Å². The molecule has 6 nitrogen and oxygen atoms in total. The second-order valence-electron chi connectivity index (χ2n) is 4.94. The van der Waals surface area contributed by atoms with Gasteiger partial charge in [0.2, 0.25) is 5.91 Å². The van der Waals surface area contributed by atoms with E-state index in [0.29, 0.717) is 17.0 Å². The van der Waals surface area contributed by atoms with Crippen LogP contribution in [0.15, 0.2) is 47.4 Å². The maximum atomic E-state index is 12.2. The molecule has 0 aromatic heterocycles. The second kappa shape index (κ2) is 6.94. The van der Waals surface area contributed by atoms with Crippen LogP contribution >= 0.6 is 23.4 Å². The Bertz CT molecular complexity index is 841. The minimum absolute atomic E-state index is 0.114. The molecule has 8 heteroatoms. The number of halogens is 1. The molecule has 0 unspecified atom stereocenters. The Hall–Kier alpha value is -2.51. The van der Waals surface area contributed by atoms with E-state index in [0.717, 1.165) is 4.90 Å². The number of thioether (sulfide) groups is 1. The summed E-state index contributed by atoms with van der Waals surface area (Å²) in [6.07, 6.45) is 0. The van der Waals surface area contributed by atoms with Crippen molar-refractivity contribution >= 4 is 46.8 Å². The van der Waals surface area contributed by atoms with Crippen molar-refractivity contribution in [1.82, 2.24) is 10.9 Å². The van der Waals surface area contributed by atoms with E-state index in [2.05, 4.69) is 16.2 Å². The summed E-state index contributed by atoms with van der Waals surface area (Å²) in [4.78, 5) is 36.5. The van der Waals surface area contributed by atoms with E-state index < -0.39 is 11.8 Å². The molecule has 0 fully saturated rings. The number of benzene rings is 2. The van der Waals surface area contributed by atoms with Crippen LogP contribution in [0.5, 0.6) is 0 Å². The summed E-state index contributed by atoms with van der Waals surface area (Å²) in [6, 6.07) is 11.5. The molecule has 1 heterocycles. The Morgan fingerprint density at radius 3 is 2.62 bits per heavy atom. The van der Waals surface area contributed by atoms with Crippen LogP contribution in [0.3, 0.4) is 0 Å². The van der Waals surface area contributed by atoms with Gasteiger partial charge in [-0.05, 0) is 30.3 Å². The predicted molar refractivity (Wildman–Crippen MR) is 92.2 cm³/mol. The number of carbonyl (C=O) groups excluding carboxylic acids is 3. The van der Waals surface area contributed by atoms with E-state index in [1.165, 1.54) is 11.8 Å². The van der Waals surface area contributed by atoms with Gasteiger partial charge in [0.1, 0.15) is 0 Å². The molecule has 24 heavy (non-hydrogen) atoms. The number of hydrogen-bond acceptors (Lipinski definition) is 4. The smallest absolute Gasteiger partial charge is 0.271 e. The molecule has 2 aromatic rings. The van der Waals surface area contributed by atoms with Gasteiger partial charge in [-0.2, -0.15) is 0 Å². The van der Waals surface area contributed by atoms with Crippen LogP contribution in [0.25, 0.3) is 0 Å². The van der Waals surface area contributed by atoms with Crippen molar-refractivity contribution in [2.75, 3.05) is 11.1 Å². The van der Waals surface area contributed by atoms with Crippen molar-refractivity contribution in [2.45, 2.75) is 4.90 Å². The quantitative estimate of drug-likeness (QED) is 0.717. The molecule has 3 amide bonds. The Labute approximate surface area is 146 Å². The number of anilines is 1. The highest BCUT2D eigenvalue weighted by molar-refractivity contribution is 8.00. The first kappa shape index (κ1) is 16.4. The zero-order chi connectivity index (χ0) is 17.1. The lowest BCUT2D eigenvalue weighted by atomic mass is 10.2. The largest absolute Gasteiger partial charge is 0.324 e. The van der Waals surface area contributed by atoms with Gasteiger partial charge in [-0.15, -0.1) is 11.8 Å². The standard InChI is InChI=1S/C16H12ClN3O3S/c17-11-4-2-1-3-10(11)16(23)20-19-15(22)9-5-6-13-12(7-9)18-14(21)8-24-13/h1-7H,8H2,(H,18,21)(H,19,22)(H,20,23). The van der Waals surface area contributed by atoms with Crippen LogP contribution in [-0.2, 0) is 4.79 Å². The minimum atomic E-state index is -0.518. The van der Waals surface area contributed by atoms with Gasteiger partial charge in [-0.25, -0.2) is 0 Å². The molecule has 0 radical (unpaired) electrons. The predicted octanol–water partition coefficient (Wildman–Crippen LogP) is 2.46. The Morgan fingerprint density at radius 1 is 1.08 bits per heavy atom. The zero-order valence-electron chi connectivity index (χ0n) is 12.3. The molecule has 1 aliphatic heterocycles. The maximum absolute atomic E-state index is 12.2. The molecule has 122 valence electrons. The highest BCUT2D eigenvalue weighted by atomic mass is 35.5. The van der Waals surface area contributed by atoms with Gasteiger partial charge in [0.25, 0.3) is 11.8 Å². The number of hydrogen-bond donors (Lipinski definition) is 3. The molecule has 3 rings (SSSR count). The fraction of sp³-hybridized carbons (Fsp3) is 0.0625. The van der Waals surface area contributed by atoms with Crippen LogP contribution in [0, 0.1) is 0 Å². The molecule has 0 atom stereocenters. The van der Waals surface area contributed by atoms with Gasteiger partial charge < -0.3 is 5.32 Å². The topological polar surface area (TPSA) is 87.3 Å². The summed E-state index contributed by atoms with van der Waals surface area (Å²) in [5, 5.41) is 3.00. The highest BCUT2D eigenvalue weighted by Crippen LogP contribution is 2.31. The second-order valence-corrected chi connectivity index (χ2v) is 6.36. The fourth-order valence-corrected chi connectivity index (χ4v) is 3.13. The molecule has 2 aromatic carbocycles. The minimum Gasteiger partial charge on any atom is -0.324 e. The SMILES string of the molecule is O=C1CSc2ccc(C(=O)NNC(=O)c3ccccc3Cl)cc2N1. The molecule has 0 saturated heterocycles. The average Bonchev–Trinajstić information content (AvgIpc) is 2.59. The molecular weight excluding hydrogens is 350 g/mol.